The van der Waals surface area contributed by atoms with Crippen LogP contribution in [0.3, 0.4) is 0 Å². The SMILES string of the molecule is CCCC(=O)N=c1sc2cc3c(cc2n1CCC)OCCO3. The van der Waals surface area contributed by atoms with E-state index in [9.17, 15) is 4.79 Å². The molecule has 118 valence electrons. The van der Waals surface area contributed by atoms with Crippen molar-refractivity contribution in [3.8, 4) is 11.5 Å². The monoisotopic (exact) mass is 320 g/mol. The molecule has 0 unspecified atom stereocenters. The molecule has 2 heterocycles. The lowest BCUT2D eigenvalue weighted by Crippen LogP contribution is -2.17. The van der Waals surface area contributed by atoms with Crippen molar-refractivity contribution in [2.24, 2.45) is 4.99 Å². The normalized spacial score (nSPS) is 14.5. The first-order valence-corrected chi connectivity index (χ1v) is 8.55. The molecule has 5 nitrogen and oxygen atoms in total. The van der Waals surface area contributed by atoms with E-state index >= 15 is 0 Å². The number of ether oxygens (including phenoxy) is 2. The molecule has 1 amide bonds. The van der Waals surface area contributed by atoms with Gasteiger partial charge in [-0.05, 0) is 12.8 Å². The van der Waals surface area contributed by atoms with E-state index in [1.54, 1.807) is 0 Å². The molecule has 0 saturated carbocycles. The number of nitrogens with zero attached hydrogens (tertiary/aromatic N) is 2. The molecular weight excluding hydrogens is 300 g/mol. The minimum Gasteiger partial charge on any atom is -0.486 e. The fourth-order valence-electron chi connectivity index (χ4n) is 2.51. The van der Waals surface area contributed by atoms with Gasteiger partial charge >= 0.3 is 0 Å². The topological polar surface area (TPSA) is 52.8 Å². The van der Waals surface area contributed by atoms with Gasteiger partial charge in [0, 0.05) is 25.1 Å². The van der Waals surface area contributed by atoms with Gasteiger partial charge in [0.15, 0.2) is 16.3 Å². The average Bonchev–Trinajstić information content (AvgIpc) is 2.82. The zero-order valence-corrected chi connectivity index (χ0v) is 13.7. The molecular formula is C16H20N2O3S. The zero-order valence-electron chi connectivity index (χ0n) is 12.9. The minimum atomic E-state index is -0.0591. The lowest BCUT2D eigenvalue weighted by Gasteiger charge is -2.18. The number of fused-ring (bicyclic) bond motifs is 2. The van der Waals surface area contributed by atoms with E-state index in [2.05, 4.69) is 16.5 Å². The number of amides is 1. The van der Waals surface area contributed by atoms with Crippen LogP contribution in [0.4, 0.5) is 0 Å². The average molecular weight is 320 g/mol. The summed E-state index contributed by atoms with van der Waals surface area (Å²) in [5.74, 6) is 1.49. The van der Waals surface area contributed by atoms with Crippen LogP contribution < -0.4 is 14.3 Å². The van der Waals surface area contributed by atoms with Crippen molar-refractivity contribution in [3.63, 3.8) is 0 Å². The maximum Gasteiger partial charge on any atom is 0.248 e. The van der Waals surface area contributed by atoms with Crippen molar-refractivity contribution >= 4 is 27.5 Å². The molecule has 1 aromatic heterocycles. The van der Waals surface area contributed by atoms with Crippen molar-refractivity contribution in [1.82, 2.24) is 4.57 Å². The molecule has 0 atom stereocenters. The first-order valence-electron chi connectivity index (χ1n) is 7.73. The van der Waals surface area contributed by atoms with Crippen LogP contribution >= 0.6 is 11.3 Å². The Morgan fingerprint density at radius 3 is 2.64 bits per heavy atom. The van der Waals surface area contributed by atoms with E-state index in [1.165, 1.54) is 11.3 Å². The highest BCUT2D eigenvalue weighted by Crippen LogP contribution is 2.35. The number of hydrogen-bond acceptors (Lipinski definition) is 4. The maximum atomic E-state index is 11.9. The van der Waals surface area contributed by atoms with Gasteiger partial charge in [0.1, 0.15) is 13.2 Å². The number of thiazole rings is 1. The van der Waals surface area contributed by atoms with E-state index in [0.29, 0.717) is 19.6 Å². The van der Waals surface area contributed by atoms with E-state index in [-0.39, 0.29) is 5.91 Å². The van der Waals surface area contributed by atoms with Crippen molar-refractivity contribution in [1.29, 1.82) is 0 Å². The lowest BCUT2D eigenvalue weighted by atomic mass is 10.2. The highest BCUT2D eigenvalue weighted by Gasteiger charge is 2.16. The number of aryl methyl sites for hydroxylation is 1. The second-order valence-corrected chi connectivity index (χ2v) is 6.26. The third kappa shape index (κ3) is 2.88. The summed E-state index contributed by atoms with van der Waals surface area (Å²) in [4.78, 5) is 16.9. The molecule has 6 heteroatoms. The first kappa shape index (κ1) is 15.1. The van der Waals surface area contributed by atoms with Crippen LogP contribution in [0.15, 0.2) is 17.1 Å². The molecule has 0 saturated heterocycles. The van der Waals surface area contributed by atoms with Crippen LogP contribution in [0.5, 0.6) is 11.5 Å². The van der Waals surface area contributed by atoms with E-state index in [0.717, 1.165) is 45.9 Å². The van der Waals surface area contributed by atoms with E-state index in [4.69, 9.17) is 9.47 Å². The lowest BCUT2D eigenvalue weighted by molar-refractivity contribution is -0.118. The molecule has 1 aliphatic heterocycles. The summed E-state index contributed by atoms with van der Waals surface area (Å²) in [7, 11) is 0. The fourth-order valence-corrected chi connectivity index (χ4v) is 3.59. The highest BCUT2D eigenvalue weighted by molar-refractivity contribution is 7.16. The number of benzene rings is 1. The standard InChI is InChI=1S/C16H20N2O3S/c1-3-5-15(19)17-16-18(6-4-2)11-9-12-13(10-14(11)22-16)21-8-7-20-12/h9-10H,3-8H2,1-2H3. The summed E-state index contributed by atoms with van der Waals surface area (Å²) >= 11 is 1.53. The number of aromatic nitrogens is 1. The first-order chi connectivity index (χ1) is 10.7. The third-order valence-electron chi connectivity index (χ3n) is 3.48. The van der Waals surface area contributed by atoms with Crippen molar-refractivity contribution in [2.45, 2.75) is 39.7 Å². The molecule has 1 aromatic carbocycles. The van der Waals surface area contributed by atoms with Crippen LogP contribution in [-0.2, 0) is 11.3 Å². The van der Waals surface area contributed by atoms with E-state index < -0.39 is 0 Å². The van der Waals surface area contributed by atoms with Gasteiger partial charge in [0.05, 0.1) is 10.2 Å². The molecule has 0 radical (unpaired) electrons. The Morgan fingerprint density at radius 2 is 1.95 bits per heavy atom. The van der Waals surface area contributed by atoms with Gasteiger partial charge in [-0.15, -0.1) is 0 Å². The molecule has 0 fully saturated rings. The third-order valence-corrected chi connectivity index (χ3v) is 4.52. The van der Waals surface area contributed by atoms with Gasteiger partial charge in [-0.3, -0.25) is 4.79 Å². The Bertz CT molecular complexity index is 761. The fraction of sp³-hybridized carbons (Fsp3) is 0.500. The number of carbonyl (C=O) groups excluding carboxylic acids is 1. The van der Waals surface area contributed by atoms with Gasteiger partial charge in [0.2, 0.25) is 5.91 Å². The highest BCUT2D eigenvalue weighted by atomic mass is 32.1. The Balaban J connectivity index is 2.15. The summed E-state index contributed by atoms with van der Waals surface area (Å²) < 4.78 is 14.5. The second kappa shape index (κ2) is 6.52. The minimum absolute atomic E-state index is 0.0591. The van der Waals surface area contributed by atoms with Crippen molar-refractivity contribution in [2.75, 3.05) is 13.2 Å². The van der Waals surface area contributed by atoms with Crippen LogP contribution in [0.1, 0.15) is 33.1 Å². The van der Waals surface area contributed by atoms with Crippen LogP contribution in [0.25, 0.3) is 10.2 Å². The Labute approximate surface area is 133 Å². The number of rotatable bonds is 4. The molecule has 2 aromatic rings. The zero-order chi connectivity index (χ0) is 15.5. The van der Waals surface area contributed by atoms with Gasteiger partial charge in [-0.25, -0.2) is 0 Å². The molecule has 0 spiro atoms. The van der Waals surface area contributed by atoms with Crippen molar-refractivity contribution < 1.29 is 14.3 Å². The van der Waals surface area contributed by atoms with Gasteiger partial charge in [0.25, 0.3) is 0 Å². The van der Waals surface area contributed by atoms with E-state index in [1.807, 2.05) is 19.1 Å². The number of hydrogen-bond donors (Lipinski definition) is 0. The summed E-state index contributed by atoms with van der Waals surface area (Å²) in [5.41, 5.74) is 1.05. The predicted molar refractivity (Wildman–Crippen MR) is 86.6 cm³/mol. The maximum absolute atomic E-state index is 11.9. The molecule has 3 rings (SSSR count). The summed E-state index contributed by atoms with van der Waals surface area (Å²) in [5, 5.41) is 0. The van der Waals surface area contributed by atoms with Crippen molar-refractivity contribution in [3.05, 3.63) is 16.9 Å². The Hall–Kier alpha value is -1.82. The molecule has 0 N–H and O–H groups in total. The van der Waals surface area contributed by atoms with Crippen LogP contribution in [-0.4, -0.2) is 23.7 Å². The summed E-state index contributed by atoms with van der Waals surface area (Å²) in [6.45, 7) is 6.08. The number of carbonyl (C=O) groups is 1. The second-order valence-electron chi connectivity index (χ2n) is 5.26. The molecule has 22 heavy (non-hydrogen) atoms. The quantitative estimate of drug-likeness (QED) is 0.870. The summed E-state index contributed by atoms with van der Waals surface area (Å²) in [6, 6.07) is 3.99. The smallest absolute Gasteiger partial charge is 0.248 e. The molecule has 0 bridgehead atoms. The van der Waals surface area contributed by atoms with Crippen LogP contribution in [0, 0.1) is 0 Å². The Kier molecular flexibility index (Phi) is 4.47. The predicted octanol–water partition coefficient (Wildman–Crippen LogP) is 3.11. The van der Waals surface area contributed by atoms with Gasteiger partial charge in [-0.1, -0.05) is 25.2 Å². The molecule has 0 aliphatic carbocycles. The summed E-state index contributed by atoms with van der Waals surface area (Å²) in [6.07, 6.45) is 2.29. The Morgan fingerprint density at radius 1 is 1.23 bits per heavy atom. The molecule has 1 aliphatic rings. The largest absolute Gasteiger partial charge is 0.486 e. The van der Waals surface area contributed by atoms with Crippen LogP contribution in [0.2, 0.25) is 0 Å². The van der Waals surface area contributed by atoms with Gasteiger partial charge < -0.3 is 14.0 Å². The van der Waals surface area contributed by atoms with Gasteiger partial charge in [-0.2, -0.15) is 4.99 Å².